The van der Waals surface area contributed by atoms with E-state index in [4.69, 9.17) is 4.74 Å². The summed E-state index contributed by atoms with van der Waals surface area (Å²) in [6.45, 7) is 3.77. The molecule has 2 heterocycles. The molecule has 1 N–H and O–H groups in total. The van der Waals surface area contributed by atoms with Crippen LogP contribution < -0.4 is 11.1 Å². The molecule has 34 heavy (non-hydrogen) atoms. The van der Waals surface area contributed by atoms with Gasteiger partial charge >= 0.3 is 5.97 Å². The first-order chi connectivity index (χ1) is 16.5. The Labute approximate surface area is 195 Å². The monoisotopic (exact) mass is 459 g/mol. The van der Waals surface area contributed by atoms with E-state index in [-0.39, 0.29) is 23.5 Å². The fraction of sp³-hybridized carbons (Fsp3) is 0.240. The van der Waals surface area contributed by atoms with Crippen LogP contribution in [-0.2, 0) is 16.0 Å². The first-order valence-corrected chi connectivity index (χ1v) is 11.1. The molecule has 9 heteroatoms. The molecular weight excluding hydrogens is 434 g/mol. The summed E-state index contributed by atoms with van der Waals surface area (Å²) in [6, 6.07) is 16.2. The minimum Gasteiger partial charge on any atom is -0.466 e. The fourth-order valence-corrected chi connectivity index (χ4v) is 3.71. The number of H-pyrrole nitrogens is 1. The van der Waals surface area contributed by atoms with Crippen LogP contribution in [0.25, 0.3) is 16.6 Å². The molecule has 0 atom stereocenters. The second-order valence-electron chi connectivity index (χ2n) is 7.68. The molecule has 2 aromatic heterocycles. The molecule has 0 fully saturated rings. The van der Waals surface area contributed by atoms with Crippen LogP contribution in [0.4, 0.5) is 0 Å². The molecule has 0 amide bonds. The Kier molecular flexibility index (Phi) is 6.82. The lowest BCUT2D eigenvalue weighted by Gasteiger charge is -2.05. The molecule has 0 radical (unpaired) electrons. The summed E-state index contributed by atoms with van der Waals surface area (Å²) in [5.74, 6) is 0.120. The van der Waals surface area contributed by atoms with Crippen LogP contribution in [0.1, 0.15) is 36.8 Å². The van der Waals surface area contributed by atoms with Gasteiger partial charge in [0.1, 0.15) is 5.82 Å². The second kappa shape index (κ2) is 10.1. The number of benzene rings is 2. The van der Waals surface area contributed by atoms with Gasteiger partial charge in [0.05, 0.1) is 35.0 Å². The van der Waals surface area contributed by atoms with Crippen molar-refractivity contribution >= 4 is 23.1 Å². The van der Waals surface area contributed by atoms with Crippen LogP contribution >= 0.6 is 0 Å². The van der Waals surface area contributed by atoms with E-state index < -0.39 is 0 Å². The third-order valence-corrected chi connectivity index (χ3v) is 5.35. The van der Waals surface area contributed by atoms with Gasteiger partial charge in [0.25, 0.3) is 11.1 Å². The molecule has 0 aliphatic rings. The summed E-state index contributed by atoms with van der Waals surface area (Å²) in [5, 5.41) is 7.88. The molecule has 0 unspecified atom stereocenters. The Bertz CT molecular complexity index is 1460. The Morgan fingerprint density at radius 2 is 1.82 bits per heavy atom. The molecule has 174 valence electrons. The van der Waals surface area contributed by atoms with E-state index in [0.29, 0.717) is 53.1 Å². The summed E-state index contributed by atoms with van der Waals surface area (Å²) in [7, 11) is 0. The number of ether oxygens (including phenoxy) is 1. The molecule has 0 spiro atoms. The summed E-state index contributed by atoms with van der Waals surface area (Å²) >= 11 is 0. The third-order valence-electron chi connectivity index (χ3n) is 5.35. The zero-order chi connectivity index (χ0) is 24.1. The van der Waals surface area contributed by atoms with Crippen molar-refractivity contribution in [3.8, 4) is 5.69 Å². The number of fused-ring (bicyclic) bond motifs is 1. The van der Waals surface area contributed by atoms with E-state index in [1.165, 1.54) is 15.6 Å². The van der Waals surface area contributed by atoms with Gasteiger partial charge in [-0.3, -0.25) is 19.5 Å². The number of aromatic amines is 1. The highest BCUT2D eigenvalue weighted by molar-refractivity contribution is 5.81. The van der Waals surface area contributed by atoms with Crippen molar-refractivity contribution in [3.63, 3.8) is 0 Å². The van der Waals surface area contributed by atoms with Crippen molar-refractivity contribution < 1.29 is 9.53 Å². The van der Waals surface area contributed by atoms with Gasteiger partial charge in [0.2, 0.25) is 0 Å². The number of rotatable bonds is 8. The lowest BCUT2D eigenvalue weighted by molar-refractivity contribution is -0.143. The predicted octanol–water partition coefficient (Wildman–Crippen LogP) is 2.95. The zero-order valence-electron chi connectivity index (χ0n) is 19.0. The van der Waals surface area contributed by atoms with E-state index >= 15 is 0 Å². The Morgan fingerprint density at radius 1 is 1.09 bits per heavy atom. The summed E-state index contributed by atoms with van der Waals surface area (Å²) in [4.78, 5) is 42.4. The van der Waals surface area contributed by atoms with E-state index in [9.17, 15) is 14.4 Å². The van der Waals surface area contributed by atoms with Gasteiger partial charge in [0.15, 0.2) is 0 Å². The van der Waals surface area contributed by atoms with Crippen LogP contribution in [0.2, 0.25) is 0 Å². The van der Waals surface area contributed by atoms with Crippen molar-refractivity contribution in [2.75, 3.05) is 6.61 Å². The minimum absolute atomic E-state index is 0.232. The number of nitrogens with one attached hydrogen (secondary N) is 1. The smallest absolute Gasteiger partial charge is 0.305 e. The number of hydrogen-bond acceptors (Lipinski definition) is 6. The number of esters is 1. The third kappa shape index (κ3) is 4.73. The quantitative estimate of drug-likeness (QED) is 0.322. The van der Waals surface area contributed by atoms with Gasteiger partial charge in [-0.2, -0.15) is 9.78 Å². The maximum absolute atomic E-state index is 13.2. The van der Waals surface area contributed by atoms with E-state index in [0.717, 1.165) is 0 Å². The first-order valence-electron chi connectivity index (χ1n) is 11.1. The number of hydrogen-bond donors (Lipinski definition) is 1. The average Bonchev–Trinajstić information content (AvgIpc) is 3.15. The van der Waals surface area contributed by atoms with Gasteiger partial charge in [-0.25, -0.2) is 9.67 Å². The highest BCUT2D eigenvalue weighted by atomic mass is 16.5. The van der Waals surface area contributed by atoms with Crippen molar-refractivity contribution in [1.82, 2.24) is 19.4 Å². The molecule has 4 rings (SSSR count). The number of aryl methyl sites for hydroxylation is 2. The van der Waals surface area contributed by atoms with Crippen molar-refractivity contribution in [2.24, 2.45) is 5.10 Å². The normalized spacial score (nSPS) is 11.4. The highest BCUT2D eigenvalue weighted by Gasteiger charge is 2.15. The minimum atomic E-state index is -0.317. The molecule has 0 aliphatic carbocycles. The molecule has 4 aromatic rings. The number of nitrogens with zero attached hydrogens (tertiary/aromatic N) is 4. The van der Waals surface area contributed by atoms with Crippen LogP contribution in [0.5, 0.6) is 0 Å². The number of carbonyl (C=O) groups is 1. The molecule has 9 nitrogen and oxygen atoms in total. The molecule has 2 aromatic carbocycles. The Morgan fingerprint density at radius 3 is 2.59 bits per heavy atom. The Balaban J connectivity index is 1.73. The van der Waals surface area contributed by atoms with Gasteiger partial charge in [-0.15, -0.1) is 0 Å². The Hall–Kier alpha value is -4.27. The number of carbonyl (C=O) groups excluding carboxylic acids is 1. The second-order valence-corrected chi connectivity index (χ2v) is 7.68. The van der Waals surface area contributed by atoms with Crippen molar-refractivity contribution in [2.45, 2.75) is 33.1 Å². The van der Waals surface area contributed by atoms with Crippen LogP contribution in [0.15, 0.2) is 69.3 Å². The van der Waals surface area contributed by atoms with Crippen LogP contribution in [-0.4, -0.2) is 38.2 Å². The van der Waals surface area contributed by atoms with E-state index in [1.807, 2.05) is 36.4 Å². The maximum atomic E-state index is 13.2. The van der Waals surface area contributed by atoms with Crippen LogP contribution in [0, 0.1) is 6.92 Å². The molecular formula is C25H25N5O4. The van der Waals surface area contributed by atoms with Crippen LogP contribution in [0.3, 0.4) is 0 Å². The van der Waals surface area contributed by atoms with Crippen molar-refractivity contribution in [3.05, 3.63) is 92.4 Å². The maximum Gasteiger partial charge on any atom is 0.305 e. The lowest BCUT2D eigenvalue weighted by atomic mass is 10.1. The molecule has 0 saturated carbocycles. The number of aromatic nitrogens is 4. The largest absolute Gasteiger partial charge is 0.466 e. The predicted molar refractivity (Wildman–Crippen MR) is 130 cm³/mol. The summed E-state index contributed by atoms with van der Waals surface area (Å²) in [5.41, 5.74) is 1.56. The van der Waals surface area contributed by atoms with Gasteiger partial charge in [-0.05, 0) is 51.0 Å². The summed E-state index contributed by atoms with van der Waals surface area (Å²) in [6.07, 6.45) is 2.53. The van der Waals surface area contributed by atoms with Crippen molar-refractivity contribution in [1.29, 1.82) is 0 Å². The number of para-hydroxylation sites is 2. The van der Waals surface area contributed by atoms with E-state index in [2.05, 4.69) is 15.2 Å². The topological polar surface area (TPSA) is 111 Å². The highest BCUT2D eigenvalue weighted by Crippen LogP contribution is 2.11. The molecule has 0 aliphatic heterocycles. The SMILES string of the molecule is CCOC(=O)CCCc1[nH]n(-c2ccccc2)c(=O)c1C=Nn1c(C)nc2ccccc2c1=O. The summed E-state index contributed by atoms with van der Waals surface area (Å²) < 4.78 is 7.60. The average molecular weight is 460 g/mol. The standard InChI is InChI=1S/C25H25N5O4/c1-3-34-23(31)15-9-14-22-20(25(33)30(28-22)18-10-5-4-6-11-18)16-26-29-17(2)27-21-13-8-7-12-19(21)24(29)32/h4-8,10-13,16,28H,3,9,14-15H2,1-2H3. The fourth-order valence-electron chi connectivity index (χ4n) is 3.71. The molecule has 0 saturated heterocycles. The van der Waals surface area contributed by atoms with Gasteiger partial charge < -0.3 is 4.74 Å². The lowest BCUT2D eigenvalue weighted by Crippen LogP contribution is -2.22. The first kappa shape index (κ1) is 22.9. The van der Waals surface area contributed by atoms with Gasteiger partial charge in [-0.1, -0.05) is 30.3 Å². The molecule has 0 bridgehead atoms. The van der Waals surface area contributed by atoms with Gasteiger partial charge in [0, 0.05) is 12.1 Å². The van der Waals surface area contributed by atoms with E-state index in [1.54, 1.807) is 32.0 Å². The zero-order valence-corrected chi connectivity index (χ0v) is 19.0.